The van der Waals surface area contributed by atoms with Crippen molar-refractivity contribution in [2.45, 2.75) is 30.4 Å². The van der Waals surface area contributed by atoms with E-state index in [2.05, 4.69) is 20.5 Å². The lowest BCUT2D eigenvalue weighted by molar-refractivity contribution is -0.137. The molecule has 0 aliphatic heterocycles. The fourth-order valence-corrected chi connectivity index (χ4v) is 2.34. The maximum Gasteiger partial charge on any atom is 0.416 e. The summed E-state index contributed by atoms with van der Waals surface area (Å²) in [5.74, 6) is 0.296. The number of aromatic nitrogens is 3. The molecule has 0 fully saturated rings. The van der Waals surface area contributed by atoms with Gasteiger partial charge in [-0.05, 0) is 38.1 Å². The van der Waals surface area contributed by atoms with E-state index in [9.17, 15) is 18.0 Å². The zero-order valence-corrected chi connectivity index (χ0v) is 12.5. The molecule has 9 heteroatoms. The summed E-state index contributed by atoms with van der Waals surface area (Å²) >= 11 is 1.15. The highest BCUT2D eigenvalue weighted by atomic mass is 32.2. The van der Waals surface area contributed by atoms with Crippen molar-refractivity contribution in [1.82, 2.24) is 15.2 Å². The molecular formula is C13H13F3N4OS. The number of thioether (sulfide) groups is 1. The number of nitrogens with one attached hydrogen (secondary N) is 2. The van der Waals surface area contributed by atoms with Gasteiger partial charge in [-0.15, -0.1) is 5.10 Å². The number of carbonyl (C=O) groups is 1. The molecule has 0 bridgehead atoms. The number of benzene rings is 1. The van der Waals surface area contributed by atoms with E-state index < -0.39 is 17.0 Å². The first-order valence-corrected chi connectivity index (χ1v) is 7.17. The topological polar surface area (TPSA) is 70.7 Å². The number of carbonyl (C=O) groups excluding carboxylic acids is 1. The molecular weight excluding hydrogens is 317 g/mol. The van der Waals surface area contributed by atoms with Crippen molar-refractivity contribution in [3.8, 4) is 0 Å². The van der Waals surface area contributed by atoms with Crippen LogP contribution in [0.5, 0.6) is 0 Å². The zero-order valence-electron chi connectivity index (χ0n) is 11.7. The number of aromatic amines is 1. The molecule has 1 aromatic heterocycles. The van der Waals surface area contributed by atoms with Crippen LogP contribution in [-0.4, -0.2) is 26.3 Å². The lowest BCUT2D eigenvalue weighted by atomic mass is 10.2. The highest BCUT2D eigenvalue weighted by Gasteiger charge is 2.30. The summed E-state index contributed by atoms with van der Waals surface area (Å²) in [4.78, 5) is 16.1. The van der Waals surface area contributed by atoms with Crippen LogP contribution in [0.4, 0.5) is 18.9 Å². The highest BCUT2D eigenvalue weighted by molar-refractivity contribution is 8.00. The maximum atomic E-state index is 12.4. The van der Waals surface area contributed by atoms with Gasteiger partial charge < -0.3 is 5.32 Å². The number of alkyl halides is 3. The van der Waals surface area contributed by atoms with E-state index >= 15 is 0 Å². The first-order valence-electron chi connectivity index (χ1n) is 6.29. The van der Waals surface area contributed by atoms with Crippen molar-refractivity contribution < 1.29 is 18.0 Å². The monoisotopic (exact) mass is 330 g/mol. The van der Waals surface area contributed by atoms with Crippen LogP contribution in [0, 0.1) is 6.92 Å². The van der Waals surface area contributed by atoms with Crippen molar-refractivity contribution in [3.05, 3.63) is 35.7 Å². The summed E-state index contributed by atoms with van der Waals surface area (Å²) in [5, 5.41) is 9.07. The molecule has 1 heterocycles. The Morgan fingerprint density at radius 1 is 1.32 bits per heavy atom. The summed E-state index contributed by atoms with van der Waals surface area (Å²) < 4.78 is 37.3. The number of nitrogens with zero attached hydrogens (tertiary/aromatic N) is 2. The quantitative estimate of drug-likeness (QED) is 0.844. The van der Waals surface area contributed by atoms with Gasteiger partial charge in [-0.1, -0.05) is 11.8 Å². The van der Waals surface area contributed by atoms with Gasteiger partial charge in [0.1, 0.15) is 5.82 Å². The Labute approximate surface area is 128 Å². The number of hydrogen-bond donors (Lipinski definition) is 2. The maximum absolute atomic E-state index is 12.4. The Morgan fingerprint density at radius 3 is 2.45 bits per heavy atom. The number of amides is 1. The van der Waals surface area contributed by atoms with Gasteiger partial charge in [0.15, 0.2) is 0 Å². The van der Waals surface area contributed by atoms with E-state index in [0.29, 0.717) is 16.7 Å². The smallest absolute Gasteiger partial charge is 0.325 e. The van der Waals surface area contributed by atoms with Gasteiger partial charge in [-0.3, -0.25) is 9.89 Å². The minimum Gasteiger partial charge on any atom is -0.325 e. The van der Waals surface area contributed by atoms with Gasteiger partial charge in [-0.25, -0.2) is 4.98 Å². The van der Waals surface area contributed by atoms with Crippen molar-refractivity contribution in [1.29, 1.82) is 0 Å². The van der Waals surface area contributed by atoms with E-state index in [0.717, 1.165) is 23.9 Å². The largest absolute Gasteiger partial charge is 0.416 e. The lowest BCUT2D eigenvalue weighted by Gasteiger charge is -2.11. The molecule has 0 radical (unpaired) electrons. The average molecular weight is 330 g/mol. The third kappa shape index (κ3) is 4.23. The zero-order chi connectivity index (χ0) is 16.3. The molecule has 1 atom stereocenters. The van der Waals surface area contributed by atoms with Gasteiger partial charge in [0.2, 0.25) is 11.1 Å². The number of aryl methyl sites for hydroxylation is 1. The van der Waals surface area contributed by atoms with Crippen LogP contribution < -0.4 is 5.32 Å². The van der Waals surface area contributed by atoms with E-state index in [1.54, 1.807) is 13.8 Å². The van der Waals surface area contributed by atoms with Crippen LogP contribution >= 0.6 is 11.8 Å². The molecule has 0 aliphatic rings. The second-order valence-electron chi connectivity index (χ2n) is 4.53. The lowest BCUT2D eigenvalue weighted by Crippen LogP contribution is -2.22. The molecule has 2 N–H and O–H groups in total. The van der Waals surface area contributed by atoms with Crippen molar-refractivity contribution >= 4 is 23.4 Å². The average Bonchev–Trinajstić information content (AvgIpc) is 2.83. The van der Waals surface area contributed by atoms with Gasteiger partial charge >= 0.3 is 6.18 Å². The number of halogens is 3. The van der Waals surface area contributed by atoms with Crippen LogP contribution in [0.25, 0.3) is 0 Å². The second-order valence-corrected chi connectivity index (χ2v) is 5.84. The van der Waals surface area contributed by atoms with E-state index in [1.807, 2.05) is 0 Å². The predicted molar refractivity (Wildman–Crippen MR) is 76.5 cm³/mol. The third-order valence-electron chi connectivity index (χ3n) is 2.71. The number of anilines is 1. The first kappa shape index (κ1) is 16.3. The molecule has 22 heavy (non-hydrogen) atoms. The Morgan fingerprint density at radius 2 is 1.95 bits per heavy atom. The summed E-state index contributed by atoms with van der Waals surface area (Å²) in [6, 6.07) is 4.28. The SMILES string of the molecule is Cc1nc(S[C@H](C)C(=O)Nc2ccc(C(F)(F)F)cc2)n[nH]1. The fraction of sp³-hybridized carbons (Fsp3) is 0.308. The molecule has 118 valence electrons. The molecule has 0 saturated carbocycles. The van der Waals surface area contributed by atoms with Crippen LogP contribution in [0.3, 0.4) is 0 Å². The van der Waals surface area contributed by atoms with Gasteiger partial charge in [0.05, 0.1) is 10.8 Å². The van der Waals surface area contributed by atoms with Gasteiger partial charge in [0.25, 0.3) is 0 Å². The summed E-state index contributed by atoms with van der Waals surface area (Å²) in [6.07, 6.45) is -4.39. The molecule has 2 aromatic rings. The van der Waals surface area contributed by atoms with Gasteiger partial charge in [0, 0.05) is 5.69 Å². The van der Waals surface area contributed by atoms with E-state index in [4.69, 9.17) is 0 Å². The summed E-state index contributed by atoms with van der Waals surface area (Å²) in [7, 11) is 0. The van der Waals surface area contributed by atoms with E-state index in [-0.39, 0.29) is 5.91 Å². The summed E-state index contributed by atoms with van der Waals surface area (Å²) in [5.41, 5.74) is -0.458. The minimum atomic E-state index is -4.39. The molecule has 0 spiro atoms. The fourth-order valence-electron chi connectivity index (χ4n) is 1.57. The van der Waals surface area contributed by atoms with Crippen LogP contribution in [0.15, 0.2) is 29.4 Å². The third-order valence-corrected chi connectivity index (χ3v) is 3.67. The van der Waals surface area contributed by atoms with Crippen LogP contribution in [0.2, 0.25) is 0 Å². The number of rotatable bonds is 4. The summed E-state index contributed by atoms with van der Waals surface area (Å²) in [6.45, 7) is 3.40. The normalized spacial score (nSPS) is 13.0. The van der Waals surface area contributed by atoms with E-state index in [1.165, 1.54) is 12.1 Å². The first-order chi connectivity index (χ1) is 10.3. The Bertz CT molecular complexity index is 654. The predicted octanol–water partition coefficient (Wildman–Crippen LogP) is 3.25. The minimum absolute atomic E-state index is 0.302. The Kier molecular flexibility index (Phi) is 4.74. The second kappa shape index (κ2) is 6.39. The number of H-pyrrole nitrogens is 1. The van der Waals surface area contributed by atoms with Crippen LogP contribution in [0.1, 0.15) is 18.3 Å². The molecule has 5 nitrogen and oxygen atoms in total. The van der Waals surface area contributed by atoms with Gasteiger partial charge in [-0.2, -0.15) is 13.2 Å². The van der Waals surface area contributed by atoms with Crippen molar-refractivity contribution in [3.63, 3.8) is 0 Å². The molecule has 0 saturated heterocycles. The van der Waals surface area contributed by atoms with Crippen LogP contribution in [-0.2, 0) is 11.0 Å². The molecule has 2 rings (SSSR count). The van der Waals surface area contributed by atoms with Crippen molar-refractivity contribution in [2.24, 2.45) is 0 Å². The molecule has 0 aliphatic carbocycles. The Balaban J connectivity index is 1.96. The molecule has 1 amide bonds. The standard InChI is InChI=1S/C13H13F3N4OS/c1-7(22-12-17-8(2)19-20-12)11(21)18-10-5-3-9(4-6-10)13(14,15)16/h3-7H,1-2H3,(H,18,21)(H,17,19,20)/t7-/m1/s1. The van der Waals surface area contributed by atoms with Crippen molar-refractivity contribution in [2.75, 3.05) is 5.32 Å². The number of hydrogen-bond acceptors (Lipinski definition) is 4. The molecule has 1 aromatic carbocycles. The highest BCUT2D eigenvalue weighted by Crippen LogP contribution is 2.30. The Hall–Kier alpha value is -2.03. The molecule has 0 unspecified atom stereocenters.